The Hall–Kier alpha value is -3.14. The van der Waals surface area contributed by atoms with E-state index in [1.807, 2.05) is 0 Å². The molecular formula is C26H26Cl2FN3O4S. The van der Waals surface area contributed by atoms with Gasteiger partial charge in [0.25, 0.3) is 10.0 Å². The molecular weight excluding hydrogens is 540 g/mol. The normalized spacial score (nSPS) is 12.0. The van der Waals surface area contributed by atoms with E-state index in [4.69, 9.17) is 23.2 Å². The first-order chi connectivity index (χ1) is 17.6. The number of sulfonamides is 1. The highest BCUT2D eigenvalue weighted by molar-refractivity contribution is 7.92. The van der Waals surface area contributed by atoms with Crippen LogP contribution in [0, 0.1) is 5.82 Å². The SMILES string of the molecule is CC[C@H](C(=O)NC)N(Cc1ccc(Cl)c(Cl)c1)C(=O)CN(c1ccc(F)cc1)S(=O)(=O)c1ccccc1. The molecule has 0 aliphatic carbocycles. The standard InChI is InChI=1S/C26H26Cl2FN3O4S/c1-3-24(26(34)30-2)31(16-18-9-14-22(27)23(28)15-18)25(33)17-32(20-12-10-19(29)11-13-20)37(35,36)21-7-5-4-6-8-21/h4-15,24H,3,16-17H2,1-2H3,(H,30,34)/t24-/m1/s1. The van der Waals surface area contributed by atoms with Crippen LogP contribution in [0.15, 0.2) is 77.7 Å². The van der Waals surface area contributed by atoms with Gasteiger partial charge in [-0.2, -0.15) is 0 Å². The van der Waals surface area contributed by atoms with Gasteiger partial charge in [0.15, 0.2) is 0 Å². The van der Waals surface area contributed by atoms with Crippen molar-refractivity contribution in [3.8, 4) is 0 Å². The van der Waals surface area contributed by atoms with Crippen LogP contribution in [0.5, 0.6) is 0 Å². The molecule has 11 heteroatoms. The molecule has 3 aromatic carbocycles. The van der Waals surface area contributed by atoms with Crippen LogP contribution in [0.4, 0.5) is 10.1 Å². The van der Waals surface area contributed by atoms with Crippen LogP contribution >= 0.6 is 23.2 Å². The summed E-state index contributed by atoms with van der Waals surface area (Å²) in [6.45, 7) is 1.09. The highest BCUT2D eigenvalue weighted by Crippen LogP contribution is 2.26. The van der Waals surface area contributed by atoms with Gasteiger partial charge >= 0.3 is 0 Å². The quantitative estimate of drug-likeness (QED) is 0.379. The first kappa shape index (κ1) is 28.4. The predicted octanol–water partition coefficient (Wildman–Crippen LogP) is 4.88. The second kappa shape index (κ2) is 12.4. The lowest BCUT2D eigenvalue weighted by Crippen LogP contribution is -2.51. The molecule has 1 N–H and O–H groups in total. The maximum Gasteiger partial charge on any atom is 0.264 e. The third kappa shape index (κ3) is 6.80. The summed E-state index contributed by atoms with van der Waals surface area (Å²) in [6, 6.07) is 16.3. The van der Waals surface area contributed by atoms with Crippen LogP contribution in [0.1, 0.15) is 18.9 Å². The Balaban J connectivity index is 2.05. The number of amides is 2. The van der Waals surface area contributed by atoms with Crippen molar-refractivity contribution in [1.82, 2.24) is 10.2 Å². The lowest BCUT2D eigenvalue weighted by molar-refractivity contribution is -0.140. The smallest absolute Gasteiger partial charge is 0.264 e. The molecule has 3 rings (SSSR count). The lowest BCUT2D eigenvalue weighted by atomic mass is 10.1. The van der Waals surface area contributed by atoms with Crippen molar-refractivity contribution in [1.29, 1.82) is 0 Å². The second-order valence-corrected chi connectivity index (χ2v) is 10.8. The maximum atomic E-state index is 13.8. The Bertz CT molecular complexity index is 1360. The molecule has 0 radical (unpaired) electrons. The molecule has 196 valence electrons. The summed E-state index contributed by atoms with van der Waals surface area (Å²) in [5.41, 5.74) is 0.699. The Kier molecular flexibility index (Phi) is 9.53. The first-order valence-electron chi connectivity index (χ1n) is 11.4. The minimum Gasteiger partial charge on any atom is -0.357 e. The molecule has 0 aliphatic heterocycles. The van der Waals surface area contributed by atoms with Gasteiger partial charge in [0.1, 0.15) is 18.4 Å². The molecule has 0 spiro atoms. The molecule has 37 heavy (non-hydrogen) atoms. The summed E-state index contributed by atoms with van der Waals surface area (Å²) in [7, 11) is -2.76. The van der Waals surface area contributed by atoms with Gasteiger partial charge < -0.3 is 10.2 Å². The van der Waals surface area contributed by atoms with Crippen LogP contribution in [0.3, 0.4) is 0 Å². The van der Waals surface area contributed by atoms with Crippen LogP contribution in [0.25, 0.3) is 0 Å². The van der Waals surface area contributed by atoms with Crippen molar-refractivity contribution in [3.63, 3.8) is 0 Å². The van der Waals surface area contributed by atoms with Gasteiger partial charge in [-0.05, 0) is 60.5 Å². The summed E-state index contributed by atoms with van der Waals surface area (Å²) in [4.78, 5) is 27.7. The van der Waals surface area contributed by atoms with E-state index in [1.54, 1.807) is 43.3 Å². The Morgan fingerprint density at radius 2 is 1.62 bits per heavy atom. The number of nitrogens with one attached hydrogen (secondary N) is 1. The molecule has 0 fully saturated rings. The van der Waals surface area contributed by atoms with Gasteiger partial charge in [-0.3, -0.25) is 13.9 Å². The highest BCUT2D eigenvalue weighted by atomic mass is 35.5. The number of rotatable bonds is 10. The summed E-state index contributed by atoms with van der Waals surface area (Å²) < 4.78 is 41.7. The van der Waals surface area contributed by atoms with Crippen molar-refractivity contribution in [2.75, 3.05) is 17.9 Å². The molecule has 0 bridgehead atoms. The fraction of sp³-hybridized carbons (Fsp3) is 0.231. The Morgan fingerprint density at radius 3 is 2.19 bits per heavy atom. The number of carbonyl (C=O) groups excluding carboxylic acids is 2. The Morgan fingerprint density at radius 1 is 0.973 bits per heavy atom. The third-order valence-corrected chi connectivity index (χ3v) is 8.22. The molecule has 0 aliphatic rings. The largest absolute Gasteiger partial charge is 0.357 e. The summed E-state index contributed by atoms with van der Waals surface area (Å²) in [5, 5.41) is 3.16. The molecule has 0 unspecified atom stereocenters. The number of halogens is 3. The van der Waals surface area contributed by atoms with Crippen molar-refractivity contribution < 1.29 is 22.4 Å². The van der Waals surface area contributed by atoms with Crippen LogP contribution in [-0.2, 0) is 26.2 Å². The predicted molar refractivity (Wildman–Crippen MR) is 143 cm³/mol. The molecule has 0 heterocycles. The van der Waals surface area contributed by atoms with Crippen molar-refractivity contribution in [2.45, 2.75) is 30.8 Å². The highest BCUT2D eigenvalue weighted by Gasteiger charge is 2.33. The fourth-order valence-corrected chi connectivity index (χ4v) is 5.53. The van der Waals surface area contributed by atoms with E-state index >= 15 is 0 Å². The average Bonchev–Trinajstić information content (AvgIpc) is 2.89. The van der Waals surface area contributed by atoms with Crippen LogP contribution in [0.2, 0.25) is 10.0 Å². The van der Waals surface area contributed by atoms with Crippen molar-refractivity contribution in [3.05, 3.63) is 94.2 Å². The van der Waals surface area contributed by atoms with Gasteiger partial charge in [0, 0.05) is 13.6 Å². The molecule has 3 aromatic rings. The summed E-state index contributed by atoms with van der Waals surface area (Å²) >= 11 is 12.2. The third-order valence-electron chi connectivity index (χ3n) is 5.69. The molecule has 0 saturated carbocycles. The number of nitrogens with zero attached hydrogens (tertiary/aromatic N) is 2. The molecule has 2 amide bonds. The van der Waals surface area contributed by atoms with Gasteiger partial charge in [-0.15, -0.1) is 0 Å². The monoisotopic (exact) mass is 565 g/mol. The van der Waals surface area contributed by atoms with E-state index in [0.29, 0.717) is 10.6 Å². The van der Waals surface area contributed by atoms with E-state index < -0.39 is 40.2 Å². The summed E-state index contributed by atoms with van der Waals surface area (Å²) in [6.07, 6.45) is 0.273. The van der Waals surface area contributed by atoms with Crippen LogP contribution < -0.4 is 9.62 Å². The fourth-order valence-electron chi connectivity index (χ4n) is 3.78. The van der Waals surface area contributed by atoms with E-state index in [1.165, 1.54) is 36.2 Å². The topological polar surface area (TPSA) is 86.8 Å². The van der Waals surface area contributed by atoms with Crippen LogP contribution in [-0.4, -0.2) is 44.8 Å². The number of carbonyl (C=O) groups is 2. The lowest BCUT2D eigenvalue weighted by Gasteiger charge is -2.33. The number of anilines is 1. The minimum atomic E-state index is -4.21. The molecule has 7 nitrogen and oxygen atoms in total. The zero-order valence-electron chi connectivity index (χ0n) is 20.2. The van der Waals surface area contributed by atoms with Gasteiger partial charge in [-0.1, -0.05) is 54.4 Å². The van der Waals surface area contributed by atoms with Crippen molar-refractivity contribution in [2.24, 2.45) is 0 Å². The Labute approximate surface area is 225 Å². The second-order valence-electron chi connectivity index (χ2n) is 8.11. The van der Waals surface area contributed by atoms with E-state index in [9.17, 15) is 22.4 Å². The molecule has 1 atom stereocenters. The zero-order chi connectivity index (χ0) is 27.2. The average molecular weight is 566 g/mol. The minimum absolute atomic E-state index is 0.0235. The number of hydrogen-bond acceptors (Lipinski definition) is 4. The maximum absolute atomic E-state index is 13.8. The van der Waals surface area contributed by atoms with Gasteiger partial charge in [0.05, 0.1) is 20.6 Å². The number of benzene rings is 3. The van der Waals surface area contributed by atoms with Gasteiger partial charge in [0.2, 0.25) is 11.8 Å². The van der Waals surface area contributed by atoms with E-state index in [2.05, 4.69) is 5.32 Å². The molecule has 0 aromatic heterocycles. The zero-order valence-corrected chi connectivity index (χ0v) is 22.5. The summed E-state index contributed by atoms with van der Waals surface area (Å²) in [5.74, 6) is -1.60. The van der Waals surface area contributed by atoms with E-state index in [0.717, 1.165) is 16.4 Å². The number of likely N-dealkylation sites (N-methyl/N-ethyl adjacent to an activating group) is 1. The van der Waals surface area contributed by atoms with Gasteiger partial charge in [-0.25, -0.2) is 12.8 Å². The first-order valence-corrected chi connectivity index (χ1v) is 13.6. The van der Waals surface area contributed by atoms with Crippen molar-refractivity contribution >= 4 is 50.7 Å². The molecule has 0 saturated heterocycles. The van der Waals surface area contributed by atoms with E-state index in [-0.39, 0.29) is 28.6 Å². The number of hydrogen-bond donors (Lipinski definition) is 1.